The second kappa shape index (κ2) is 25.1. The van der Waals surface area contributed by atoms with Crippen molar-refractivity contribution in [1.29, 1.82) is 0 Å². The van der Waals surface area contributed by atoms with Crippen LogP contribution in [0.1, 0.15) is 184 Å². The molecule has 0 aromatic heterocycles. The quantitative estimate of drug-likeness (QED) is 0.0847. The van der Waals surface area contributed by atoms with E-state index in [0.717, 1.165) is 142 Å². The average molecular weight is 1060 g/mol. The Hall–Kier alpha value is -6.52. The van der Waals surface area contributed by atoms with Crippen molar-refractivity contribution >= 4 is 45.1 Å². The van der Waals surface area contributed by atoms with Crippen LogP contribution in [-0.4, -0.2) is 22.8 Å². The SMILES string of the molecule is CC(C)CC1=C(CC(C)C)C2=C(c3ccccc3)C3=NC(=C(c4ccccc4)C4=NC(=C(c5ccccc5)C5=NC(=C(c6ccccc6)C1=N2)C(CC(C)C)=C5CC(C)C)C(CC(C)C)=C4CC(C)C)C(CC(C)C)=C3CC(C)C. The Balaban J connectivity index is 1.66. The predicted molar refractivity (Wildman–Crippen MR) is 347 cm³/mol. The second-order valence-electron chi connectivity index (χ2n) is 26.8. The molecule has 0 spiro atoms. The summed E-state index contributed by atoms with van der Waals surface area (Å²) in [6.07, 6.45) is 7.08. The Labute approximate surface area is 483 Å². The molecule has 0 saturated carbocycles. The van der Waals surface area contributed by atoms with Crippen LogP contribution in [0.3, 0.4) is 0 Å². The monoisotopic (exact) mass is 1060 g/mol. The summed E-state index contributed by atoms with van der Waals surface area (Å²) in [5.74, 6) is 2.95. The minimum absolute atomic E-state index is 0.369. The van der Waals surface area contributed by atoms with Gasteiger partial charge in [-0.3, -0.25) is 0 Å². The standard InChI is InChI=1S/C76H92N4/c1-45(2)37-57-58(38-46(3)4)70-66(54-31-23-18-24-32-54)72-61(41-49(9)10)62(42-50(11)12)74(79-72)68(56-35-27-20-28-36-56)76-64(44-52(15)16)63(43-51(13)14)75(80-76)67(55-33-25-19-26-34-55)73-60(40-48(7)8)59(39-47(5)6)71(78-73)65(69(57)77-70)53-29-21-17-22-30-53/h17-36,45-52H,37-44H2,1-16H3. The Bertz CT molecular complexity index is 2900. The second-order valence-corrected chi connectivity index (χ2v) is 26.8. The van der Waals surface area contributed by atoms with Crippen LogP contribution in [0.5, 0.6) is 0 Å². The van der Waals surface area contributed by atoms with Crippen molar-refractivity contribution in [2.24, 2.45) is 67.3 Å². The van der Waals surface area contributed by atoms with Crippen molar-refractivity contribution in [2.75, 3.05) is 0 Å². The van der Waals surface area contributed by atoms with E-state index in [1.54, 1.807) is 0 Å². The molecule has 0 radical (unpaired) electrons. The fraction of sp³-hybridized carbons (Fsp3) is 0.421. The summed E-state index contributed by atoms with van der Waals surface area (Å²) >= 11 is 0. The average Bonchev–Trinajstić information content (AvgIpc) is 4.25. The molecule has 5 heterocycles. The van der Waals surface area contributed by atoms with E-state index in [2.05, 4.69) is 232 Å². The number of fused-ring (bicyclic) bond motifs is 4. The topological polar surface area (TPSA) is 49.4 Å². The van der Waals surface area contributed by atoms with Gasteiger partial charge < -0.3 is 0 Å². The predicted octanol–water partition coefficient (Wildman–Crippen LogP) is 21.0. The Morgan fingerprint density at radius 3 is 0.512 bits per heavy atom. The van der Waals surface area contributed by atoms with Gasteiger partial charge in [-0.05, 0) is 166 Å². The maximum absolute atomic E-state index is 6.33. The summed E-state index contributed by atoms with van der Waals surface area (Å²) in [7, 11) is 0. The van der Waals surface area contributed by atoms with Gasteiger partial charge in [0.25, 0.3) is 0 Å². The number of aliphatic imine (C=N–C) groups is 4. The summed E-state index contributed by atoms with van der Waals surface area (Å²) in [6.45, 7) is 38.1. The molecule has 0 fully saturated rings. The maximum Gasteiger partial charge on any atom is 0.0773 e. The number of nitrogens with zero attached hydrogens (tertiary/aromatic N) is 4. The third-order valence-electron chi connectivity index (χ3n) is 15.7. The molecular weight excluding hydrogens is 969 g/mol. The van der Waals surface area contributed by atoms with Crippen LogP contribution >= 0.6 is 0 Å². The third kappa shape index (κ3) is 12.4. The molecule has 4 aromatic carbocycles. The van der Waals surface area contributed by atoms with Crippen molar-refractivity contribution < 1.29 is 0 Å². The summed E-state index contributed by atoms with van der Waals surface area (Å²) in [5.41, 5.74) is 28.4. The van der Waals surface area contributed by atoms with Crippen LogP contribution < -0.4 is 0 Å². The highest BCUT2D eigenvalue weighted by Crippen LogP contribution is 2.52. The number of benzene rings is 4. The fourth-order valence-corrected chi connectivity index (χ4v) is 12.8. The normalized spacial score (nSPS) is 17.2. The lowest BCUT2D eigenvalue weighted by molar-refractivity contribution is 0.623. The molecule has 0 amide bonds. The van der Waals surface area contributed by atoms with E-state index in [1.807, 2.05) is 0 Å². The molecule has 0 saturated heterocycles. The van der Waals surface area contributed by atoms with Gasteiger partial charge in [-0.2, -0.15) is 0 Å². The maximum atomic E-state index is 6.33. The summed E-state index contributed by atoms with van der Waals surface area (Å²) < 4.78 is 0. The minimum atomic E-state index is 0.369. The third-order valence-corrected chi connectivity index (χ3v) is 15.7. The zero-order valence-electron chi connectivity index (χ0n) is 51.6. The van der Waals surface area contributed by atoms with Crippen molar-refractivity contribution in [3.8, 4) is 0 Å². The molecule has 5 aliphatic heterocycles. The molecule has 4 aromatic rings. The van der Waals surface area contributed by atoms with Gasteiger partial charge in [-0.1, -0.05) is 232 Å². The smallest absolute Gasteiger partial charge is 0.0773 e. The summed E-state index contributed by atoms with van der Waals surface area (Å²) in [6, 6.07) is 44.8. The highest BCUT2D eigenvalue weighted by Gasteiger charge is 2.42. The summed E-state index contributed by atoms with van der Waals surface area (Å²) in [5, 5.41) is 0. The molecule has 0 atom stereocenters. The van der Waals surface area contributed by atoms with Gasteiger partial charge in [0.2, 0.25) is 0 Å². The minimum Gasteiger partial charge on any atom is -0.247 e. The van der Waals surface area contributed by atoms with E-state index in [4.69, 9.17) is 20.0 Å². The molecule has 4 nitrogen and oxygen atoms in total. The van der Waals surface area contributed by atoms with Gasteiger partial charge in [-0.25, -0.2) is 20.0 Å². The lowest BCUT2D eigenvalue weighted by Gasteiger charge is -2.21. The van der Waals surface area contributed by atoms with Crippen LogP contribution in [0.4, 0.5) is 0 Å². The number of hydrogen-bond acceptors (Lipinski definition) is 4. The number of allylic oxidation sites excluding steroid dienone is 12. The van der Waals surface area contributed by atoms with Crippen LogP contribution in [0.15, 0.2) is 209 Å². The van der Waals surface area contributed by atoms with Gasteiger partial charge in [0.05, 0.1) is 45.6 Å². The fourth-order valence-electron chi connectivity index (χ4n) is 12.8. The molecule has 0 aliphatic carbocycles. The van der Waals surface area contributed by atoms with Crippen molar-refractivity contribution in [3.63, 3.8) is 0 Å². The molecule has 80 heavy (non-hydrogen) atoms. The van der Waals surface area contributed by atoms with Gasteiger partial charge in [0.15, 0.2) is 0 Å². The Morgan fingerprint density at radius 2 is 0.362 bits per heavy atom. The molecule has 4 heteroatoms. The van der Waals surface area contributed by atoms with E-state index in [0.29, 0.717) is 47.3 Å². The first-order valence-electron chi connectivity index (χ1n) is 30.8. The highest BCUT2D eigenvalue weighted by atomic mass is 14.9. The molecule has 416 valence electrons. The first-order valence-corrected chi connectivity index (χ1v) is 30.8. The van der Waals surface area contributed by atoms with Crippen molar-refractivity contribution in [1.82, 2.24) is 0 Å². The molecule has 9 rings (SSSR count). The van der Waals surface area contributed by atoms with E-state index in [9.17, 15) is 0 Å². The van der Waals surface area contributed by atoms with E-state index in [-0.39, 0.29) is 0 Å². The van der Waals surface area contributed by atoms with Crippen LogP contribution in [-0.2, 0) is 0 Å². The number of rotatable bonds is 20. The van der Waals surface area contributed by atoms with Crippen LogP contribution in [0.2, 0.25) is 0 Å². The Morgan fingerprint density at radius 1 is 0.212 bits per heavy atom. The van der Waals surface area contributed by atoms with E-state index in [1.165, 1.54) is 44.6 Å². The lowest BCUT2D eigenvalue weighted by atomic mass is 9.80. The van der Waals surface area contributed by atoms with Gasteiger partial charge >= 0.3 is 0 Å². The zero-order chi connectivity index (χ0) is 57.1. The molecule has 5 aliphatic rings. The van der Waals surface area contributed by atoms with Gasteiger partial charge in [0.1, 0.15) is 0 Å². The van der Waals surface area contributed by atoms with Crippen LogP contribution in [0, 0.1) is 47.3 Å². The zero-order valence-corrected chi connectivity index (χ0v) is 51.6. The van der Waals surface area contributed by atoms with Crippen molar-refractivity contribution in [3.05, 3.63) is 211 Å². The first-order chi connectivity index (χ1) is 38.3. The van der Waals surface area contributed by atoms with E-state index >= 15 is 0 Å². The van der Waals surface area contributed by atoms with Crippen molar-refractivity contribution in [2.45, 2.75) is 162 Å². The highest BCUT2D eigenvalue weighted by molar-refractivity contribution is 6.43. The van der Waals surface area contributed by atoms with Gasteiger partial charge in [0, 0.05) is 22.3 Å². The van der Waals surface area contributed by atoms with Gasteiger partial charge in [-0.15, -0.1) is 0 Å². The lowest BCUT2D eigenvalue weighted by Crippen LogP contribution is -2.12. The molecule has 0 unspecified atom stereocenters. The summed E-state index contributed by atoms with van der Waals surface area (Å²) in [4.78, 5) is 25.3. The molecule has 8 bridgehead atoms. The van der Waals surface area contributed by atoms with Crippen LogP contribution in [0.25, 0.3) is 22.3 Å². The molecular formula is C76H92N4. The number of hydrogen-bond donors (Lipinski definition) is 0. The first kappa shape index (κ1) is 58.1. The largest absolute Gasteiger partial charge is 0.247 e. The molecule has 0 N–H and O–H groups in total. The Kier molecular flexibility index (Phi) is 18.2. The van der Waals surface area contributed by atoms with E-state index < -0.39 is 0 Å².